The molecule has 9 heteroatoms. The van der Waals surface area contributed by atoms with Gasteiger partial charge < -0.3 is 10.2 Å². The van der Waals surface area contributed by atoms with Gasteiger partial charge in [0.15, 0.2) is 0 Å². The maximum absolute atomic E-state index is 12.9. The maximum atomic E-state index is 12.9. The smallest absolute Gasteiger partial charge is 0.256 e. The van der Waals surface area contributed by atoms with Crippen molar-refractivity contribution >= 4 is 33.2 Å². The van der Waals surface area contributed by atoms with Crippen molar-refractivity contribution in [3.8, 4) is 6.07 Å². The van der Waals surface area contributed by atoms with E-state index < -0.39 is 15.9 Å². The molecule has 2 aromatic carbocycles. The van der Waals surface area contributed by atoms with Crippen molar-refractivity contribution in [3.63, 3.8) is 0 Å². The van der Waals surface area contributed by atoms with Crippen molar-refractivity contribution in [2.45, 2.75) is 13.5 Å². The average molecular weight is 400 g/mol. The van der Waals surface area contributed by atoms with E-state index in [0.717, 1.165) is 11.8 Å². The van der Waals surface area contributed by atoms with Crippen LogP contribution in [0.15, 0.2) is 42.5 Å². The van der Waals surface area contributed by atoms with Crippen molar-refractivity contribution in [1.82, 2.24) is 4.90 Å². The third-order valence-corrected chi connectivity index (χ3v) is 4.31. The summed E-state index contributed by atoms with van der Waals surface area (Å²) in [5.74, 6) is -0.740. The predicted octanol–water partition coefficient (Wildman–Crippen LogP) is 2.16. The Balaban J connectivity index is 2.33. The van der Waals surface area contributed by atoms with E-state index in [2.05, 4.69) is 10.0 Å². The van der Waals surface area contributed by atoms with Crippen LogP contribution < -0.4 is 10.0 Å². The van der Waals surface area contributed by atoms with Gasteiger partial charge in [-0.05, 0) is 35.9 Å². The first-order chi connectivity index (χ1) is 13.1. The van der Waals surface area contributed by atoms with Gasteiger partial charge in [-0.2, -0.15) is 5.26 Å². The molecule has 0 heterocycles. The van der Waals surface area contributed by atoms with E-state index in [-0.39, 0.29) is 23.7 Å². The number of hydrogen-bond donors (Lipinski definition) is 2. The number of rotatable bonds is 6. The van der Waals surface area contributed by atoms with Crippen molar-refractivity contribution in [2.24, 2.45) is 0 Å². The van der Waals surface area contributed by atoms with E-state index in [9.17, 15) is 18.0 Å². The zero-order valence-corrected chi connectivity index (χ0v) is 16.5. The molecule has 2 rings (SSSR count). The Morgan fingerprint density at radius 3 is 2.32 bits per heavy atom. The molecule has 0 radical (unpaired) electrons. The minimum absolute atomic E-state index is 0.104. The minimum Gasteiger partial charge on any atom is -0.337 e. The van der Waals surface area contributed by atoms with Crippen LogP contribution in [-0.2, 0) is 21.4 Å². The van der Waals surface area contributed by atoms with E-state index in [1.54, 1.807) is 31.3 Å². The Labute approximate surface area is 163 Å². The molecule has 0 saturated heterocycles. The Kier molecular flexibility index (Phi) is 6.38. The summed E-state index contributed by atoms with van der Waals surface area (Å²) in [6.07, 6.45) is 0.990. The average Bonchev–Trinajstić information content (AvgIpc) is 2.61. The quantitative estimate of drug-likeness (QED) is 0.770. The van der Waals surface area contributed by atoms with Gasteiger partial charge in [0.2, 0.25) is 15.9 Å². The first-order valence-corrected chi connectivity index (χ1v) is 10.1. The number of benzene rings is 2. The molecule has 0 fully saturated rings. The SMILES string of the molecule is CC(=O)Nc1ccc(NS(C)(=O)=O)c(C(=O)N(C)Cc2ccc(C#N)cc2)c1. The molecule has 28 heavy (non-hydrogen) atoms. The van der Waals surface area contributed by atoms with Crippen LogP contribution in [0.1, 0.15) is 28.4 Å². The first-order valence-electron chi connectivity index (χ1n) is 8.23. The Hall–Kier alpha value is -3.38. The highest BCUT2D eigenvalue weighted by Gasteiger charge is 2.19. The molecule has 0 atom stereocenters. The molecule has 0 bridgehead atoms. The van der Waals surface area contributed by atoms with Crippen LogP contribution in [-0.4, -0.2) is 38.4 Å². The normalized spacial score (nSPS) is 10.6. The number of hydrogen-bond acceptors (Lipinski definition) is 5. The Morgan fingerprint density at radius 1 is 1.14 bits per heavy atom. The lowest BCUT2D eigenvalue weighted by Gasteiger charge is -2.20. The minimum atomic E-state index is -3.60. The van der Waals surface area contributed by atoms with Crippen LogP contribution in [0.2, 0.25) is 0 Å². The van der Waals surface area contributed by atoms with E-state index in [1.807, 2.05) is 6.07 Å². The summed E-state index contributed by atoms with van der Waals surface area (Å²) >= 11 is 0. The number of carbonyl (C=O) groups excluding carboxylic acids is 2. The molecule has 0 aliphatic rings. The Bertz CT molecular complexity index is 1040. The number of anilines is 2. The second-order valence-corrected chi connectivity index (χ2v) is 8.03. The molecule has 0 aromatic heterocycles. The summed E-state index contributed by atoms with van der Waals surface area (Å²) < 4.78 is 25.6. The summed E-state index contributed by atoms with van der Waals surface area (Å²) in [4.78, 5) is 25.7. The molecule has 0 saturated carbocycles. The van der Waals surface area contributed by atoms with Gasteiger partial charge >= 0.3 is 0 Å². The van der Waals surface area contributed by atoms with Gasteiger partial charge in [0.05, 0.1) is 29.1 Å². The Morgan fingerprint density at radius 2 is 1.79 bits per heavy atom. The molecular weight excluding hydrogens is 380 g/mol. The summed E-state index contributed by atoms with van der Waals surface area (Å²) in [6.45, 7) is 1.59. The lowest BCUT2D eigenvalue weighted by molar-refractivity contribution is -0.114. The first kappa shape index (κ1) is 20.9. The largest absolute Gasteiger partial charge is 0.337 e. The van der Waals surface area contributed by atoms with E-state index in [0.29, 0.717) is 11.3 Å². The van der Waals surface area contributed by atoms with Crippen LogP contribution in [0.4, 0.5) is 11.4 Å². The molecule has 0 aliphatic heterocycles. The summed E-state index contributed by atoms with van der Waals surface area (Å²) in [5.41, 5.74) is 1.92. The van der Waals surface area contributed by atoms with Crippen LogP contribution in [0.25, 0.3) is 0 Å². The summed E-state index contributed by atoms with van der Waals surface area (Å²) in [6, 6.07) is 13.2. The van der Waals surface area contributed by atoms with Gasteiger partial charge in [-0.3, -0.25) is 14.3 Å². The number of carbonyl (C=O) groups is 2. The molecular formula is C19H20N4O4S. The standard InChI is InChI=1S/C19H20N4O4S/c1-13(24)21-16-8-9-18(22-28(3,26)27)17(10-16)19(25)23(2)12-15-6-4-14(11-20)5-7-15/h4-10,22H,12H2,1-3H3,(H,21,24). The van der Waals surface area contributed by atoms with Crippen LogP contribution in [0, 0.1) is 11.3 Å². The molecule has 0 unspecified atom stereocenters. The predicted molar refractivity (Wildman–Crippen MR) is 106 cm³/mol. The number of amides is 2. The fourth-order valence-corrected chi connectivity index (χ4v) is 3.10. The van der Waals surface area contributed by atoms with E-state index >= 15 is 0 Å². The molecule has 146 valence electrons. The van der Waals surface area contributed by atoms with E-state index in [4.69, 9.17) is 5.26 Å². The molecule has 2 N–H and O–H groups in total. The number of sulfonamides is 1. The number of nitrogens with zero attached hydrogens (tertiary/aromatic N) is 2. The molecule has 0 spiro atoms. The van der Waals surface area contributed by atoms with Gasteiger partial charge in [0.25, 0.3) is 5.91 Å². The molecule has 2 aromatic rings. The molecule has 2 amide bonds. The summed E-state index contributed by atoms with van der Waals surface area (Å²) in [7, 11) is -2.02. The highest BCUT2D eigenvalue weighted by molar-refractivity contribution is 7.92. The molecule has 8 nitrogen and oxygen atoms in total. The lowest BCUT2D eigenvalue weighted by Crippen LogP contribution is -2.27. The van der Waals surface area contributed by atoms with Gasteiger partial charge in [-0.1, -0.05) is 12.1 Å². The third-order valence-electron chi connectivity index (χ3n) is 3.72. The summed E-state index contributed by atoms with van der Waals surface area (Å²) in [5, 5.41) is 11.4. The van der Waals surface area contributed by atoms with Crippen molar-refractivity contribution in [2.75, 3.05) is 23.3 Å². The van der Waals surface area contributed by atoms with Gasteiger partial charge in [0, 0.05) is 26.2 Å². The zero-order valence-electron chi connectivity index (χ0n) is 15.7. The highest BCUT2D eigenvalue weighted by Crippen LogP contribution is 2.24. The monoisotopic (exact) mass is 400 g/mol. The van der Waals surface area contributed by atoms with Crippen molar-refractivity contribution in [1.29, 1.82) is 5.26 Å². The van der Waals surface area contributed by atoms with Crippen molar-refractivity contribution < 1.29 is 18.0 Å². The number of nitrogens with one attached hydrogen (secondary N) is 2. The second kappa shape index (κ2) is 8.54. The van der Waals surface area contributed by atoms with Gasteiger partial charge in [0.1, 0.15) is 0 Å². The number of nitriles is 1. The third kappa shape index (κ3) is 5.82. The van der Waals surface area contributed by atoms with Crippen molar-refractivity contribution in [3.05, 3.63) is 59.2 Å². The lowest BCUT2D eigenvalue weighted by atomic mass is 10.1. The highest BCUT2D eigenvalue weighted by atomic mass is 32.2. The molecule has 0 aliphatic carbocycles. The van der Waals surface area contributed by atoms with Crippen LogP contribution in [0.5, 0.6) is 0 Å². The zero-order chi connectivity index (χ0) is 20.9. The second-order valence-electron chi connectivity index (χ2n) is 6.29. The van der Waals surface area contributed by atoms with Gasteiger partial charge in [-0.15, -0.1) is 0 Å². The van der Waals surface area contributed by atoms with Crippen LogP contribution in [0.3, 0.4) is 0 Å². The fourth-order valence-electron chi connectivity index (χ4n) is 2.53. The van der Waals surface area contributed by atoms with Gasteiger partial charge in [-0.25, -0.2) is 8.42 Å². The maximum Gasteiger partial charge on any atom is 0.256 e. The van der Waals surface area contributed by atoms with Crippen LogP contribution >= 0.6 is 0 Å². The topological polar surface area (TPSA) is 119 Å². The van der Waals surface area contributed by atoms with E-state index in [1.165, 1.54) is 30.0 Å². The fraction of sp³-hybridized carbons (Fsp3) is 0.211.